The molecule has 0 spiro atoms. The third kappa shape index (κ3) is 2.13. The van der Waals surface area contributed by atoms with E-state index in [1.807, 2.05) is 18.2 Å². The van der Waals surface area contributed by atoms with Crippen LogP contribution in [0.15, 0.2) is 24.3 Å². The molecule has 90 valence electrons. The van der Waals surface area contributed by atoms with Crippen LogP contribution >= 0.6 is 11.6 Å². The Labute approximate surface area is 105 Å². The van der Waals surface area contributed by atoms with Gasteiger partial charge in [0, 0.05) is 25.7 Å². The molecule has 1 saturated heterocycles. The smallest absolute Gasteiger partial charge is 0.312 e. The van der Waals surface area contributed by atoms with Crippen molar-refractivity contribution in [3.8, 4) is 0 Å². The Kier molecular flexibility index (Phi) is 3.07. The summed E-state index contributed by atoms with van der Waals surface area (Å²) in [6.45, 7) is 0.488. The zero-order valence-corrected chi connectivity index (χ0v) is 10.4. The summed E-state index contributed by atoms with van der Waals surface area (Å²) in [5.74, 6) is -0.950. The second kappa shape index (κ2) is 4.37. The molecule has 0 N–H and O–H groups in total. The Hall–Kier alpha value is -1.55. The van der Waals surface area contributed by atoms with Gasteiger partial charge in [-0.05, 0) is 17.7 Å². The highest BCUT2D eigenvalue weighted by Gasteiger charge is 2.35. The zero-order valence-electron chi connectivity index (χ0n) is 9.68. The minimum absolute atomic E-state index is 0.135. The summed E-state index contributed by atoms with van der Waals surface area (Å²) in [6.07, 6.45) is 0. The Morgan fingerprint density at radius 3 is 2.59 bits per heavy atom. The Morgan fingerprint density at radius 2 is 1.94 bits per heavy atom. The van der Waals surface area contributed by atoms with E-state index >= 15 is 0 Å². The first-order chi connectivity index (χ1) is 8.00. The van der Waals surface area contributed by atoms with Gasteiger partial charge in [0.1, 0.15) is 0 Å². The molecule has 1 atom stereocenters. The van der Waals surface area contributed by atoms with Gasteiger partial charge in [-0.2, -0.15) is 0 Å². The van der Waals surface area contributed by atoms with Crippen molar-refractivity contribution < 1.29 is 9.59 Å². The largest absolute Gasteiger partial charge is 0.335 e. The van der Waals surface area contributed by atoms with Crippen molar-refractivity contribution in [2.24, 2.45) is 0 Å². The molecule has 1 aromatic carbocycles. The first kappa shape index (κ1) is 11.9. The lowest BCUT2D eigenvalue weighted by atomic mass is 10.0. The van der Waals surface area contributed by atoms with Crippen molar-refractivity contribution in [1.82, 2.24) is 9.80 Å². The number of carbonyl (C=O) groups is 2. The van der Waals surface area contributed by atoms with Crippen molar-refractivity contribution in [1.29, 1.82) is 0 Å². The number of carbonyl (C=O) groups excluding carboxylic acids is 2. The Morgan fingerprint density at radius 1 is 1.24 bits per heavy atom. The van der Waals surface area contributed by atoms with E-state index in [2.05, 4.69) is 0 Å². The van der Waals surface area contributed by atoms with Gasteiger partial charge in [-0.3, -0.25) is 9.59 Å². The van der Waals surface area contributed by atoms with Gasteiger partial charge in [0.25, 0.3) is 0 Å². The number of hydrogen-bond donors (Lipinski definition) is 0. The molecule has 5 heteroatoms. The molecule has 17 heavy (non-hydrogen) atoms. The van der Waals surface area contributed by atoms with Crippen LogP contribution in [-0.4, -0.2) is 42.3 Å². The number of rotatable bonds is 1. The third-order valence-electron chi connectivity index (χ3n) is 3.00. The summed E-state index contributed by atoms with van der Waals surface area (Å²) >= 11 is 5.93. The highest BCUT2D eigenvalue weighted by molar-refractivity contribution is 6.35. The molecule has 0 aromatic heterocycles. The molecule has 1 aliphatic rings. The van der Waals surface area contributed by atoms with Gasteiger partial charge in [-0.25, -0.2) is 0 Å². The van der Waals surface area contributed by atoms with E-state index in [9.17, 15) is 9.59 Å². The highest BCUT2D eigenvalue weighted by atomic mass is 35.5. The zero-order chi connectivity index (χ0) is 12.6. The molecule has 1 aliphatic heterocycles. The lowest BCUT2D eigenvalue weighted by Crippen LogP contribution is -2.52. The maximum absolute atomic E-state index is 11.7. The lowest BCUT2D eigenvalue weighted by molar-refractivity contribution is -0.156. The maximum Gasteiger partial charge on any atom is 0.312 e. The van der Waals surface area contributed by atoms with Crippen molar-refractivity contribution in [3.63, 3.8) is 0 Å². The number of nitrogens with zero attached hydrogens (tertiary/aromatic N) is 2. The number of benzene rings is 1. The van der Waals surface area contributed by atoms with Gasteiger partial charge in [0.2, 0.25) is 0 Å². The van der Waals surface area contributed by atoms with E-state index in [1.165, 1.54) is 9.80 Å². The minimum Gasteiger partial charge on any atom is -0.335 e. The second-order valence-corrected chi connectivity index (χ2v) is 4.61. The molecule has 1 heterocycles. The van der Waals surface area contributed by atoms with Crippen LogP contribution in [0, 0.1) is 0 Å². The fourth-order valence-electron chi connectivity index (χ4n) is 1.96. The van der Waals surface area contributed by atoms with Crippen molar-refractivity contribution in [2.75, 3.05) is 20.6 Å². The molecule has 2 rings (SSSR count). The topological polar surface area (TPSA) is 40.6 Å². The van der Waals surface area contributed by atoms with Gasteiger partial charge in [-0.15, -0.1) is 0 Å². The first-order valence-corrected chi connectivity index (χ1v) is 5.66. The monoisotopic (exact) mass is 252 g/mol. The second-order valence-electron chi connectivity index (χ2n) is 4.17. The molecular weight excluding hydrogens is 240 g/mol. The molecule has 0 radical (unpaired) electrons. The van der Waals surface area contributed by atoms with Crippen LogP contribution < -0.4 is 0 Å². The van der Waals surface area contributed by atoms with Crippen molar-refractivity contribution >= 4 is 23.4 Å². The van der Waals surface area contributed by atoms with Gasteiger partial charge in [0.15, 0.2) is 0 Å². The van der Waals surface area contributed by atoms with Gasteiger partial charge in [0.05, 0.1) is 6.04 Å². The standard InChI is InChI=1S/C12H13ClN2O2/c1-14-7-10(15(2)12(17)11(14)16)8-4-3-5-9(13)6-8/h3-6,10H,7H2,1-2H3. The SMILES string of the molecule is CN1CC(c2cccc(Cl)c2)N(C)C(=O)C1=O. The molecule has 1 fully saturated rings. The quantitative estimate of drug-likeness (QED) is 0.707. The van der Waals surface area contributed by atoms with Gasteiger partial charge < -0.3 is 9.80 Å². The molecule has 4 nitrogen and oxygen atoms in total. The van der Waals surface area contributed by atoms with E-state index in [0.717, 1.165) is 5.56 Å². The van der Waals surface area contributed by atoms with E-state index in [4.69, 9.17) is 11.6 Å². The third-order valence-corrected chi connectivity index (χ3v) is 3.23. The average Bonchev–Trinajstić information content (AvgIpc) is 2.31. The predicted octanol–water partition coefficient (Wildman–Crippen LogP) is 1.31. The number of likely N-dealkylation sites (N-methyl/N-ethyl adjacent to an activating group) is 2. The van der Waals surface area contributed by atoms with Crippen LogP contribution in [0.2, 0.25) is 5.02 Å². The summed E-state index contributed by atoms with van der Waals surface area (Å²) in [6, 6.07) is 7.21. The summed E-state index contributed by atoms with van der Waals surface area (Å²) in [5, 5.41) is 0.628. The van der Waals surface area contributed by atoms with E-state index in [0.29, 0.717) is 11.6 Å². The lowest BCUT2D eigenvalue weighted by Gasteiger charge is -2.37. The molecule has 0 bridgehead atoms. The summed E-state index contributed by atoms with van der Waals surface area (Å²) in [5.41, 5.74) is 0.938. The summed E-state index contributed by atoms with van der Waals surface area (Å²) in [4.78, 5) is 26.1. The van der Waals surface area contributed by atoms with Crippen LogP contribution in [0.3, 0.4) is 0 Å². The highest BCUT2D eigenvalue weighted by Crippen LogP contribution is 2.26. The van der Waals surface area contributed by atoms with Crippen LogP contribution in [-0.2, 0) is 9.59 Å². The van der Waals surface area contributed by atoms with Gasteiger partial charge >= 0.3 is 11.8 Å². The van der Waals surface area contributed by atoms with Crippen LogP contribution in [0.5, 0.6) is 0 Å². The first-order valence-electron chi connectivity index (χ1n) is 5.28. The normalized spacial score (nSPS) is 21.0. The fraction of sp³-hybridized carbons (Fsp3) is 0.333. The van der Waals surface area contributed by atoms with E-state index in [-0.39, 0.29) is 6.04 Å². The molecule has 2 amide bonds. The van der Waals surface area contributed by atoms with E-state index < -0.39 is 11.8 Å². The predicted molar refractivity (Wildman–Crippen MR) is 64.6 cm³/mol. The molecule has 1 aromatic rings. The van der Waals surface area contributed by atoms with Crippen LogP contribution in [0.4, 0.5) is 0 Å². The average molecular weight is 253 g/mol. The molecular formula is C12H13ClN2O2. The summed E-state index contributed by atoms with van der Waals surface area (Å²) in [7, 11) is 3.27. The molecule has 0 saturated carbocycles. The number of amides is 2. The molecule has 1 unspecified atom stereocenters. The fourth-order valence-corrected chi connectivity index (χ4v) is 2.16. The Balaban J connectivity index is 2.33. The van der Waals surface area contributed by atoms with Crippen molar-refractivity contribution in [2.45, 2.75) is 6.04 Å². The maximum atomic E-state index is 11.7. The summed E-state index contributed by atoms with van der Waals surface area (Å²) < 4.78 is 0. The number of halogens is 1. The van der Waals surface area contributed by atoms with E-state index in [1.54, 1.807) is 20.2 Å². The number of piperazine rings is 1. The van der Waals surface area contributed by atoms with Gasteiger partial charge in [-0.1, -0.05) is 23.7 Å². The van der Waals surface area contributed by atoms with Crippen molar-refractivity contribution in [3.05, 3.63) is 34.9 Å². The number of hydrogen-bond acceptors (Lipinski definition) is 2. The molecule has 0 aliphatic carbocycles. The Bertz CT molecular complexity index is 475. The van der Waals surface area contributed by atoms with Crippen LogP contribution in [0.1, 0.15) is 11.6 Å². The minimum atomic E-state index is -0.483. The van der Waals surface area contributed by atoms with Crippen LogP contribution in [0.25, 0.3) is 0 Å².